The highest BCUT2D eigenvalue weighted by Crippen LogP contribution is 2.23. The normalized spacial score (nSPS) is 22.0. The Kier molecular flexibility index (Phi) is 3.68. The van der Waals surface area contributed by atoms with Gasteiger partial charge in [-0.1, -0.05) is 24.3 Å². The largest absolute Gasteiger partial charge is 0.329 e. The monoisotopic (exact) mass is 402 g/mol. The number of aromatic nitrogens is 4. The smallest absolute Gasteiger partial charge is 0.305 e. The summed E-state index contributed by atoms with van der Waals surface area (Å²) in [6, 6.07) is 0.0219. The van der Waals surface area contributed by atoms with Crippen molar-refractivity contribution in [3.8, 4) is 0 Å². The molecule has 0 radical (unpaired) electrons. The first kappa shape index (κ1) is 15.9. The molecule has 4 rings (SSSR count). The Bertz CT molecular complexity index is 1110. The molecule has 2 aromatic heterocycles. The molecule has 25 heavy (non-hydrogen) atoms. The lowest BCUT2D eigenvalue weighted by Crippen LogP contribution is -2.31. The highest BCUT2D eigenvalue weighted by molar-refractivity contribution is 9.10. The quantitative estimate of drug-likeness (QED) is 0.763. The lowest BCUT2D eigenvalue weighted by Gasteiger charge is -2.25. The fraction of sp³-hybridized carbons (Fsp3) is 0.312. The third kappa shape index (κ3) is 2.55. The molecule has 2 atom stereocenters. The van der Waals surface area contributed by atoms with Crippen molar-refractivity contribution in [1.82, 2.24) is 19.1 Å². The third-order valence-electron chi connectivity index (χ3n) is 4.45. The van der Waals surface area contributed by atoms with Crippen LogP contribution in [0.1, 0.15) is 6.92 Å². The summed E-state index contributed by atoms with van der Waals surface area (Å²) in [6.45, 7) is 2.27. The third-order valence-corrected chi connectivity index (χ3v) is 5.06. The number of nitrogens with zero attached hydrogens (tertiary/aromatic N) is 5. The SMILES string of the molecule is CC1=NC(Cn2c(Br)nc3c2c(=O)[nH]c(=O)n3C)=NC2C=CC=CC12. The molecule has 0 amide bonds. The Labute approximate surface area is 150 Å². The van der Waals surface area contributed by atoms with Crippen LogP contribution in [0.2, 0.25) is 0 Å². The molecule has 1 aliphatic heterocycles. The van der Waals surface area contributed by atoms with E-state index in [1.807, 2.05) is 25.2 Å². The minimum Gasteiger partial charge on any atom is -0.305 e. The van der Waals surface area contributed by atoms with Gasteiger partial charge >= 0.3 is 5.69 Å². The van der Waals surface area contributed by atoms with Gasteiger partial charge in [0.1, 0.15) is 5.84 Å². The summed E-state index contributed by atoms with van der Waals surface area (Å²) in [5.41, 5.74) is 0.631. The first-order chi connectivity index (χ1) is 12.0. The maximum absolute atomic E-state index is 12.3. The zero-order valence-corrected chi connectivity index (χ0v) is 15.2. The van der Waals surface area contributed by atoms with E-state index in [-0.39, 0.29) is 18.5 Å². The van der Waals surface area contributed by atoms with Gasteiger partial charge in [-0.2, -0.15) is 0 Å². The molecule has 8 nitrogen and oxygen atoms in total. The van der Waals surface area contributed by atoms with E-state index in [2.05, 4.69) is 42.0 Å². The molecule has 128 valence electrons. The van der Waals surface area contributed by atoms with Crippen LogP contribution in [0.4, 0.5) is 0 Å². The molecule has 2 aliphatic rings. The lowest BCUT2D eigenvalue weighted by molar-refractivity contribution is 0.692. The fourth-order valence-corrected chi connectivity index (χ4v) is 3.62. The van der Waals surface area contributed by atoms with Crippen LogP contribution in [0.15, 0.2) is 48.6 Å². The van der Waals surface area contributed by atoms with Crippen LogP contribution in [0, 0.1) is 5.92 Å². The van der Waals surface area contributed by atoms with Gasteiger partial charge in [0, 0.05) is 18.7 Å². The predicted molar refractivity (Wildman–Crippen MR) is 99.4 cm³/mol. The van der Waals surface area contributed by atoms with Crippen LogP contribution < -0.4 is 11.2 Å². The fourth-order valence-electron chi connectivity index (χ4n) is 3.15. The summed E-state index contributed by atoms with van der Waals surface area (Å²) in [6.07, 6.45) is 8.11. The summed E-state index contributed by atoms with van der Waals surface area (Å²) in [4.78, 5) is 39.9. The Hall–Kier alpha value is -2.55. The standard InChI is InChI=1S/C16H15BrN6O2/c1-8-9-5-3-4-6-10(9)19-11(18-8)7-23-12-13(20-15(23)17)22(2)16(25)21-14(12)24/h3-6,9-10H,7H2,1-2H3,(H,21,24,25). The minimum absolute atomic E-state index is 0.0219. The number of H-pyrrole nitrogens is 1. The molecule has 0 spiro atoms. The van der Waals surface area contributed by atoms with E-state index in [0.29, 0.717) is 21.7 Å². The van der Waals surface area contributed by atoms with Gasteiger partial charge in [-0.3, -0.25) is 19.3 Å². The molecule has 0 fully saturated rings. The zero-order valence-electron chi connectivity index (χ0n) is 13.6. The number of aryl methyl sites for hydroxylation is 1. The summed E-state index contributed by atoms with van der Waals surface area (Å²) in [5.74, 6) is 0.799. The van der Waals surface area contributed by atoms with Crippen molar-refractivity contribution < 1.29 is 0 Å². The minimum atomic E-state index is -0.500. The zero-order chi connectivity index (χ0) is 17.7. The van der Waals surface area contributed by atoms with Crippen LogP contribution in [0.5, 0.6) is 0 Å². The Morgan fingerprint density at radius 3 is 2.84 bits per heavy atom. The van der Waals surface area contributed by atoms with Crippen molar-refractivity contribution in [2.24, 2.45) is 23.0 Å². The highest BCUT2D eigenvalue weighted by Gasteiger charge is 2.26. The van der Waals surface area contributed by atoms with E-state index >= 15 is 0 Å². The van der Waals surface area contributed by atoms with E-state index in [1.54, 1.807) is 11.6 Å². The highest BCUT2D eigenvalue weighted by atomic mass is 79.9. The predicted octanol–water partition coefficient (Wildman–Crippen LogP) is 1.17. The summed E-state index contributed by atoms with van der Waals surface area (Å²) >= 11 is 3.37. The lowest BCUT2D eigenvalue weighted by atomic mass is 9.90. The van der Waals surface area contributed by atoms with E-state index in [0.717, 1.165) is 5.71 Å². The molecule has 0 aromatic carbocycles. The van der Waals surface area contributed by atoms with Gasteiger partial charge < -0.3 is 4.57 Å². The number of allylic oxidation sites excluding steroid dienone is 2. The average Bonchev–Trinajstić information content (AvgIpc) is 2.90. The van der Waals surface area contributed by atoms with Gasteiger partial charge in [0.25, 0.3) is 5.56 Å². The van der Waals surface area contributed by atoms with Crippen molar-refractivity contribution in [3.63, 3.8) is 0 Å². The number of rotatable bonds is 2. The molecule has 1 N–H and O–H groups in total. The van der Waals surface area contributed by atoms with Crippen LogP contribution in [0.25, 0.3) is 11.2 Å². The molecule has 9 heteroatoms. The first-order valence-electron chi connectivity index (χ1n) is 7.77. The number of halogens is 1. The number of fused-ring (bicyclic) bond motifs is 2. The molecule has 3 heterocycles. The van der Waals surface area contributed by atoms with E-state index in [4.69, 9.17) is 0 Å². The van der Waals surface area contributed by atoms with Crippen LogP contribution >= 0.6 is 15.9 Å². The van der Waals surface area contributed by atoms with E-state index < -0.39 is 11.2 Å². The maximum Gasteiger partial charge on any atom is 0.329 e. The Balaban J connectivity index is 1.81. The molecule has 2 unspecified atom stereocenters. The van der Waals surface area contributed by atoms with Gasteiger partial charge in [-0.05, 0) is 22.9 Å². The molecule has 1 aliphatic carbocycles. The average molecular weight is 403 g/mol. The second-order valence-corrected chi connectivity index (χ2v) is 6.75. The van der Waals surface area contributed by atoms with Crippen LogP contribution in [-0.2, 0) is 13.6 Å². The van der Waals surface area contributed by atoms with Crippen LogP contribution in [-0.4, -0.2) is 36.7 Å². The second kappa shape index (κ2) is 5.76. The van der Waals surface area contributed by atoms with Gasteiger partial charge in [0.2, 0.25) is 0 Å². The van der Waals surface area contributed by atoms with E-state index in [1.165, 1.54) is 4.57 Å². The van der Waals surface area contributed by atoms with Crippen molar-refractivity contribution in [1.29, 1.82) is 0 Å². The van der Waals surface area contributed by atoms with Gasteiger partial charge in [0.15, 0.2) is 15.9 Å². The Morgan fingerprint density at radius 1 is 1.28 bits per heavy atom. The van der Waals surface area contributed by atoms with Crippen molar-refractivity contribution >= 4 is 38.6 Å². The molecular formula is C16H15BrN6O2. The second-order valence-electron chi connectivity index (χ2n) is 6.04. The number of hydrogen-bond donors (Lipinski definition) is 1. The number of amidine groups is 1. The molecular weight excluding hydrogens is 388 g/mol. The van der Waals surface area contributed by atoms with Gasteiger partial charge in [-0.15, -0.1) is 0 Å². The van der Waals surface area contributed by atoms with E-state index in [9.17, 15) is 9.59 Å². The van der Waals surface area contributed by atoms with Crippen molar-refractivity contribution in [3.05, 3.63) is 49.9 Å². The van der Waals surface area contributed by atoms with Gasteiger partial charge in [-0.25, -0.2) is 14.8 Å². The number of imidazole rings is 1. The number of aromatic amines is 1. The first-order valence-corrected chi connectivity index (χ1v) is 8.57. The Morgan fingerprint density at radius 2 is 2.04 bits per heavy atom. The summed E-state index contributed by atoms with van der Waals surface area (Å²) in [5, 5.41) is 0. The topological polar surface area (TPSA) is 97.4 Å². The molecule has 0 saturated heterocycles. The number of hydrogen-bond acceptors (Lipinski definition) is 5. The number of aliphatic imine (C=N–C) groups is 2. The van der Waals surface area contributed by atoms with Crippen LogP contribution in [0.3, 0.4) is 0 Å². The molecule has 2 aromatic rings. The van der Waals surface area contributed by atoms with Crippen molar-refractivity contribution in [2.45, 2.75) is 19.5 Å². The van der Waals surface area contributed by atoms with Gasteiger partial charge in [0.05, 0.1) is 12.6 Å². The van der Waals surface area contributed by atoms with Crippen molar-refractivity contribution in [2.75, 3.05) is 0 Å². The maximum atomic E-state index is 12.3. The summed E-state index contributed by atoms with van der Waals surface area (Å²) in [7, 11) is 1.56. The molecule has 0 saturated carbocycles. The molecule has 0 bridgehead atoms. The summed E-state index contributed by atoms with van der Waals surface area (Å²) < 4.78 is 3.43. The number of nitrogens with one attached hydrogen (secondary N) is 1.